The van der Waals surface area contributed by atoms with Gasteiger partial charge < -0.3 is 10.1 Å². The fourth-order valence-electron chi connectivity index (χ4n) is 2.59. The Morgan fingerprint density at radius 3 is 2.63 bits per heavy atom. The molecule has 2 heterocycles. The van der Waals surface area contributed by atoms with Gasteiger partial charge in [-0.2, -0.15) is 5.10 Å². The maximum absolute atomic E-state index is 11.7. The number of nitrogens with zero attached hydrogens (tertiary/aromatic N) is 2. The molecule has 2 rings (SSSR count). The molecule has 0 saturated carbocycles. The fourth-order valence-corrected chi connectivity index (χ4v) is 2.81. The average Bonchev–Trinajstić information content (AvgIpc) is 2.47. The Bertz CT molecular complexity index is 551. The van der Waals surface area contributed by atoms with E-state index >= 15 is 0 Å². The summed E-state index contributed by atoms with van der Waals surface area (Å²) in [5, 5.41) is 7.44. The van der Waals surface area contributed by atoms with Crippen LogP contribution in [-0.2, 0) is 11.8 Å². The molecule has 1 aliphatic rings. The van der Waals surface area contributed by atoms with Crippen molar-refractivity contribution < 1.29 is 4.74 Å². The molecule has 0 amide bonds. The lowest BCUT2D eigenvalue weighted by atomic mass is 9.94. The molecule has 6 heteroatoms. The standard InChI is InChI=1S/C13H20ClN3O2/c1-12(2)6-9(13(3,4)19-12)16-8-7-15-17(5)11(18)10(8)14/h7,9,16H,6H2,1-5H3. The molecule has 19 heavy (non-hydrogen) atoms. The van der Waals surface area contributed by atoms with Gasteiger partial charge >= 0.3 is 0 Å². The van der Waals surface area contributed by atoms with Crippen LogP contribution in [-0.4, -0.2) is 27.0 Å². The van der Waals surface area contributed by atoms with Crippen molar-refractivity contribution in [3.63, 3.8) is 0 Å². The van der Waals surface area contributed by atoms with Crippen molar-refractivity contribution in [3.05, 3.63) is 21.6 Å². The van der Waals surface area contributed by atoms with Gasteiger partial charge in [0.15, 0.2) is 0 Å². The van der Waals surface area contributed by atoms with E-state index in [0.717, 1.165) is 6.42 Å². The molecule has 1 unspecified atom stereocenters. The lowest BCUT2D eigenvalue weighted by Crippen LogP contribution is -2.38. The summed E-state index contributed by atoms with van der Waals surface area (Å²) >= 11 is 6.06. The van der Waals surface area contributed by atoms with Crippen molar-refractivity contribution in [2.24, 2.45) is 7.05 Å². The topological polar surface area (TPSA) is 56.1 Å². The van der Waals surface area contributed by atoms with Gasteiger partial charge in [0.1, 0.15) is 5.02 Å². The van der Waals surface area contributed by atoms with E-state index in [-0.39, 0.29) is 27.8 Å². The van der Waals surface area contributed by atoms with Gasteiger partial charge in [-0.25, -0.2) is 4.68 Å². The lowest BCUT2D eigenvalue weighted by Gasteiger charge is -2.28. The zero-order valence-corrected chi connectivity index (χ0v) is 12.7. The predicted molar refractivity (Wildman–Crippen MR) is 75.8 cm³/mol. The molecule has 0 aliphatic carbocycles. The van der Waals surface area contributed by atoms with E-state index in [1.54, 1.807) is 13.2 Å². The summed E-state index contributed by atoms with van der Waals surface area (Å²) in [5.41, 5.74) is -0.263. The minimum Gasteiger partial charge on any atom is -0.377 e. The van der Waals surface area contributed by atoms with E-state index in [9.17, 15) is 4.79 Å². The normalized spacial score (nSPS) is 24.4. The first kappa shape index (κ1) is 14.3. The van der Waals surface area contributed by atoms with Crippen LogP contribution in [0, 0.1) is 0 Å². The number of aromatic nitrogens is 2. The summed E-state index contributed by atoms with van der Waals surface area (Å²) in [7, 11) is 1.57. The number of anilines is 1. The Balaban J connectivity index is 2.28. The van der Waals surface area contributed by atoms with Crippen LogP contribution < -0.4 is 10.9 Å². The molecule has 1 aromatic heterocycles. The monoisotopic (exact) mass is 285 g/mol. The maximum atomic E-state index is 11.7. The summed E-state index contributed by atoms with van der Waals surface area (Å²) < 4.78 is 7.22. The number of hydrogen-bond donors (Lipinski definition) is 1. The summed E-state index contributed by atoms with van der Waals surface area (Å²) in [5.74, 6) is 0. The molecule has 1 saturated heterocycles. The first-order valence-corrected chi connectivity index (χ1v) is 6.69. The molecule has 1 fully saturated rings. The van der Waals surface area contributed by atoms with E-state index in [1.807, 2.05) is 13.8 Å². The van der Waals surface area contributed by atoms with Crippen molar-refractivity contribution >= 4 is 17.3 Å². The second-order valence-electron chi connectivity index (χ2n) is 6.17. The van der Waals surface area contributed by atoms with E-state index < -0.39 is 0 Å². The maximum Gasteiger partial charge on any atom is 0.287 e. The number of hydrogen-bond acceptors (Lipinski definition) is 4. The molecule has 1 aliphatic heterocycles. The van der Waals surface area contributed by atoms with Gasteiger partial charge in [-0.3, -0.25) is 4.79 Å². The SMILES string of the molecule is Cn1ncc(NC2CC(C)(C)OC2(C)C)c(Cl)c1=O. The summed E-state index contributed by atoms with van der Waals surface area (Å²) in [6, 6.07) is 0.0777. The zero-order chi connectivity index (χ0) is 14.4. The lowest BCUT2D eigenvalue weighted by molar-refractivity contribution is -0.0662. The molecule has 106 valence electrons. The fraction of sp³-hybridized carbons (Fsp3) is 0.692. The van der Waals surface area contributed by atoms with E-state index in [1.165, 1.54) is 4.68 Å². The molecular formula is C13H20ClN3O2. The van der Waals surface area contributed by atoms with Crippen molar-refractivity contribution in [2.45, 2.75) is 51.4 Å². The van der Waals surface area contributed by atoms with Crippen LogP contribution in [0.15, 0.2) is 11.0 Å². The summed E-state index contributed by atoms with van der Waals surface area (Å²) in [6.07, 6.45) is 2.41. The number of halogens is 1. The van der Waals surface area contributed by atoms with Crippen molar-refractivity contribution in [1.82, 2.24) is 9.78 Å². The molecule has 5 nitrogen and oxygen atoms in total. The Morgan fingerprint density at radius 1 is 1.47 bits per heavy atom. The van der Waals surface area contributed by atoms with E-state index in [0.29, 0.717) is 5.69 Å². The quantitative estimate of drug-likeness (QED) is 0.905. The molecule has 0 bridgehead atoms. The van der Waals surface area contributed by atoms with Crippen LogP contribution in [0.3, 0.4) is 0 Å². The Morgan fingerprint density at radius 2 is 2.11 bits per heavy atom. The molecular weight excluding hydrogens is 266 g/mol. The van der Waals surface area contributed by atoms with Crippen LogP contribution in [0.5, 0.6) is 0 Å². The highest BCUT2D eigenvalue weighted by Crippen LogP contribution is 2.39. The summed E-state index contributed by atoms with van der Waals surface area (Å²) in [6.45, 7) is 8.17. The highest BCUT2D eigenvalue weighted by atomic mass is 35.5. The van der Waals surface area contributed by atoms with Gasteiger partial charge in [0, 0.05) is 7.05 Å². The zero-order valence-electron chi connectivity index (χ0n) is 12.0. The minimum atomic E-state index is -0.325. The molecule has 0 radical (unpaired) electrons. The second-order valence-corrected chi connectivity index (χ2v) is 6.55. The Labute approximate surface area is 117 Å². The molecule has 1 N–H and O–H groups in total. The van der Waals surface area contributed by atoms with Gasteiger partial charge in [0.05, 0.1) is 29.1 Å². The van der Waals surface area contributed by atoms with E-state index in [2.05, 4.69) is 24.3 Å². The third-order valence-electron chi connectivity index (χ3n) is 3.48. The number of rotatable bonds is 2. The Hall–Kier alpha value is -1.07. The minimum absolute atomic E-state index is 0.0777. The predicted octanol–water partition coefficient (Wildman–Crippen LogP) is 2.19. The van der Waals surface area contributed by atoms with Crippen molar-refractivity contribution in [3.8, 4) is 0 Å². The Kier molecular flexibility index (Phi) is 3.39. The van der Waals surface area contributed by atoms with Crippen LogP contribution >= 0.6 is 11.6 Å². The van der Waals surface area contributed by atoms with Gasteiger partial charge in [-0.05, 0) is 34.1 Å². The van der Waals surface area contributed by atoms with Crippen LogP contribution in [0.4, 0.5) is 5.69 Å². The van der Waals surface area contributed by atoms with Gasteiger partial charge in [0.2, 0.25) is 0 Å². The van der Waals surface area contributed by atoms with E-state index in [4.69, 9.17) is 16.3 Å². The second kappa shape index (κ2) is 4.49. The third kappa shape index (κ3) is 2.77. The third-order valence-corrected chi connectivity index (χ3v) is 3.85. The molecule has 1 atom stereocenters. The molecule has 1 aromatic rings. The first-order chi connectivity index (χ1) is 8.62. The molecule has 0 spiro atoms. The van der Waals surface area contributed by atoms with Crippen LogP contribution in [0.25, 0.3) is 0 Å². The molecule has 0 aromatic carbocycles. The van der Waals surface area contributed by atoms with Crippen molar-refractivity contribution in [2.75, 3.05) is 5.32 Å². The van der Waals surface area contributed by atoms with Crippen LogP contribution in [0.1, 0.15) is 34.1 Å². The average molecular weight is 286 g/mol. The highest BCUT2D eigenvalue weighted by molar-refractivity contribution is 6.32. The van der Waals surface area contributed by atoms with Gasteiger partial charge in [-0.15, -0.1) is 0 Å². The largest absolute Gasteiger partial charge is 0.377 e. The van der Waals surface area contributed by atoms with Crippen molar-refractivity contribution in [1.29, 1.82) is 0 Å². The smallest absolute Gasteiger partial charge is 0.287 e. The van der Waals surface area contributed by atoms with Gasteiger partial charge in [0.25, 0.3) is 5.56 Å². The highest BCUT2D eigenvalue weighted by Gasteiger charge is 2.46. The number of nitrogens with one attached hydrogen (secondary N) is 1. The first-order valence-electron chi connectivity index (χ1n) is 6.31. The van der Waals surface area contributed by atoms with Gasteiger partial charge in [-0.1, -0.05) is 11.6 Å². The number of aryl methyl sites for hydroxylation is 1. The summed E-state index contributed by atoms with van der Waals surface area (Å²) in [4.78, 5) is 11.7. The van der Waals surface area contributed by atoms with Crippen LogP contribution in [0.2, 0.25) is 5.02 Å². The number of ether oxygens (including phenoxy) is 1.